The van der Waals surface area contributed by atoms with Gasteiger partial charge in [0.15, 0.2) is 0 Å². The normalized spacial score (nSPS) is 23.4. The molecule has 0 aromatic heterocycles. The smallest absolute Gasteiger partial charge is 0.340 e. The Morgan fingerprint density at radius 1 is 1.42 bits per heavy atom. The van der Waals surface area contributed by atoms with Crippen LogP contribution in [0.1, 0.15) is 24.2 Å². The van der Waals surface area contributed by atoms with Crippen LogP contribution >= 0.6 is 0 Å². The number of nitrogens with zero attached hydrogens (tertiary/aromatic N) is 1. The Balaban J connectivity index is 2.44. The van der Waals surface area contributed by atoms with Crippen molar-refractivity contribution < 1.29 is 19.0 Å². The molecule has 1 fully saturated rings. The van der Waals surface area contributed by atoms with Crippen molar-refractivity contribution in [2.75, 3.05) is 23.7 Å². The maximum absolute atomic E-state index is 13.4. The van der Waals surface area contributed by atoms with Crippen LogP contribution < -0.4 is 10.6 Å². The van der Waals surface area contributed by atoms with Crippen molar-refractivity contribution in [1.82, 2.24) is 0 Å². The highest BCUT2D eigenvalue weighted by molar-refractivity contribution is 6.00. The van der Waals surface area contributed by atoms with E-state index in [0.717, 1.165) is 0 Å². The number of rotatable bonds is 2. The molecular weight excluding hydrogens is 251 g/mol. The molecule has 0 spiro atoms. The number of carboxylic acid groups (broad SMARTS) is 1. The minimum atomic E-state index is -1.22. The minimum Gasteiger partial charge on any atom is -0.478 e. The fraction of sp³-hybridized carbons (Fsp3) is 0.462. The first-order chi connectivity index (χ1) is 8.90. The fourth-order valence-corrected chi connectivity index (χ4v) is 2.45. The van der Waals surface area contributed by atoms with Gasteiger partial charge in [-0.3, -0.25) is 0 Å². The zero-order valence-electron chi connectivity index (χ0n) is 10.9. The van der Waals surface area contributed by atoms with E-state index in [1.54, 1.807) is 0 Å². The van der Waals surface area contributed by atoms with Crippen LogP contribution in [0.2, 0.25) is 0 Å². The van der Waals surface area contributed by atoms with Gasteiger partial charge >= 0.3 is 5.97 Å². The minimum absolute atomic E-state index is 0.0170. The topological polar surface area (TPSA) is 75.8 Å². The van der Waals surface area contributed by atoms with Gasteiger partial charge < -0.3 is 20.5 Å². The van der Waals surface area contributed by atoms with E-state index >= 15 is 0 Å². The van der Waals surface area contributed by atoms with Crippen LogP contribution in [0.3, 0.4) is 0 Å². The quantitative estimate of drug-likeness (QED) is 0.799. The molecule has 104 valence electrons. The van der Waals surface area contributed by atoms with Gasteiger partial charge in [-0.25, -0.2) is 9.18 Å². The van der Waals surface area contributed by atoms with Crippen LogP contribution in [0.15, 0.2) is 12.1 Å². The molecule has 2 unspecified atom stereocenters. The largest absolute Gasteiger partial charge is 0.478 e. The Morgan fingerprint density at radius 3 is 2.53 bits per heavy atom. The predicted octanol–water partition coefficient (Wildman–Crippen LogP) is 1.72. The second-order valence-corrected chi connectivity index (χ2v) is 4.82. The first-order valence-electron chi connectivity index (χ1n) is 6.11. The molecule has 2 atom stereocenters. The molecule has 1 heterocycles. The third-order valence-electron chi connectivity index (χ3n) is 3.14. The Morgan fingerprint density at radius 2 is 2.00 bits per heavy atom. The lowest BCUT2D eigenvalue weighted by molar-refractivity contribution is -0.00531. The number of hydrogen-bond acceptors (Lipinski definition) is 4. The zero-order chi connectivity index (χ0) is 14.2. The molecule has 2 rings (SSSR count). The molecule has 0 radical (unpaired) electrons. The van der Waals surface area contributed by atoms with Crippen LogP contribution in [-0.2, 0) is 4.74 Å². The summed E-state index contributed by atoms with van der Waals surface area (Å²) in [6, 6.07) is 2.65. The van der Waals surface area contributed by atoms with Crippen molar-refractivity contribution in [2.45, 2.75) is 26.1 Å². The van der Waals surface area contributed by atoms with Gasteiger partial charge in [-0.05, 0) is 26.0 Å². The van der Waals surface area contributed by atoms with Crippen molar-refractivity contribution >= 4 is 17.3 Å². The van der Waals surface area contributed by atoms with E-state index in [4.69, 9.17) is 10.5 Å². The summed E-state index contributed by atoms with van der Waals surface area (Å²) in [5.74, 6) is -1.94. The molecule has 1 saturated heterocycles. The lowest BCUT2D eigenvalue weighted by Gasteiger charge is -2.37. The van der Waals surface area contributed by atoms with Crippen LogP contribution in [0, 0.1) is 5.82 Å². The van der Waals surface area contributed by atoms with Crippen LogP contribution in [0.25, 0.3) is 0 Å². The first-order valence-corrected chi connectivity index (χ1v) is 6.11. The lowest BCUT2D eigenvalue weighted by Crippen LogP contribution is -2.46. The highest BCUT2D eigenvalue weighted by Crippen LogP contribution is 2.30. The van der Waals surface area contributed by atoms with E-state index in [1.165, 1.54) is 12.1 Å². The summed E-state index contributed by atoms with van der Waals surface area (Å²) < 4.78 is 19.0. The van der Waals surface area contributed by atoms with Crippen LogP contribution in [-0.4, -0.2) is 36.4 Å². The van der Waals surface area contributed by atoms with Gasteiger partial charge in [0.1, 0.15) is 11.4 Å². The Kier molecular flexibility index (Phi) is 3.61. The zero-order valence-corrected chi connectivity index (χ0v) is 10.9. The molecule has 1 aliphatic heterocycles. The number of hydrogen-bond donors (Lipinski definition) is 2. The predicted molar refractivity (Wildman–Crippen MR) is 70.0 cm³/mol. The molecule has 1 aliphatic rings. The Labute approximate surface area is 110 Å². The highest BCUT2D eigenvalue weighted by atomic mass is 19.1. The van der Waals surface area contributed by atoms with Crippen molar-refractivity contribution in [3.8, 4) is 0 Å². The number of morpholine rings is 1. The second-order valence-electron chi connectivity index (χ2n) is 4.82. The van der Waals surface area contributed by atoms with Gasteiger partial charge in [0.05, 0.1) is 23.6 Å². The summed E-state index contributed by atoms with van der Waals surface area (Å²) in [6.07, 6.45) is -0.0339. The van der Waals surface area contributed by atoms with Gasteiger partial charge in [-0.15, -0.1) is 0 Å². The van der Waals surface area contributed by atoms with E-state index in [-0.39, 0.29) is 23.5 Å². The molecule has 5 nitrogen and oxygen atoms in total. The molecule has 0 aliphatic carbocycles. The van der Waals surface area contributed by atoms with E-state index in [2.05, 4.69) is 0 Å². The van der Waals surface area contributed by atoms with E-state index in [9.17, 15) is 14.3 Å². The molecule has 3 N–H and O–H groups in total. The first kappa shape index (κ1) is 13.6. The standard InChI is InChI=1S/C13H17FN2O3/c1-7-5-16(6-8(2)19-7)10-4-3-9(14)12(15)11(10)13(17)18/h3-4,7-8H,5-6,15H2,1-2H3,(H,17,18). The third kappa shape index (κ3) is 2.63. The maximum Gasteiger partial charge on any atom is 0.340 e. The molecule has 0 bridgehead atoms. The summed E-state index contributed by atoms with van der Waals surface area (Å²) in [6.45, 7) is 4.93. The van der Waals surface area contributed by atoms with E-state index in [1.807, 2.05) is 18.7 Å². The average Bonchev–Trinajstić information content (AvgIpc) is 2.30. The Bertz CT molecular complexity index is 497. The molecule has 6 heteroatoms. The number of benzene rings is 1. The van der Waals surface area contributed by atoms with Gasteiger partial charge in [-0.1, -0.05) is 0 Å². The molecule has 19 heavy (non-hydrogen) atoms. The molecular formula is C13H17FN2O3. The maximum atomic E-state index is 13.4. The number of nitrogen functional groups attached to an aromatic ring is 1. The summed E-state index contributed by atoms with van der Waals surface area (Å²) in [7, 11) is 0. The van der Waals surface area contributed by atoms with Crippen molar-refractivity contribution in [3.63, 3.8) is 0 Å². The molecule has 1 aromatic rings. The van der Waals surface area contributed by atoms with Gasteiger partial charge in [0, 0.05) is 13.1 Å². The number of anilines is 2. The number of carbonyl (C=O) groups is 1. The van der Waals surface area contributed by atoms with E-state index < -0.39 is 11.8 Å². The summed E-state index contributed by atoms with van der Waals surface area (Å²) in [5.41, 5.74) is 5.48. The van der Waals surface area contributed by atoms with Gasteiger partial charge in [0.25, 0.3) is 0 Å². The SMILES string of the molecule is CC1CN(c2ccc(F)c(N)c2C(=O)O)CC(C)O1. The summed E-state index contributed by atoms with van der Waals surface area (Å²) >= 11 is 0. The summed E-state index contributed by atoms with van der Waals surface area (Å²) in [5, 5.41) is 9.23. The lowest BCUT2D eigenvalue weighted by atomic mass is 10.1. The number of aromatic carboxylic acids is 1. The highest BCUT2D eigenvalue weighted by Gasteiger charge is 2.27. The van der Waals surface area contributed by atoms with E-state index in [0.29, 0.717) is 18.8 Å². The van der Waals surface area contributed by atoms with Crippen molar-refractivity contribution in [2.24, 2.45) is 0 Å². The number of nitrogens with two attached hydrogens (primary N) is 1. The monoisotopic (exact) mass is 268 g/mol. The average molecular weight is 268 g/mol. The third-order valence-corrected chi connectivity index (χ3v) is 3.14. The van der Waals surface area contributed by atoms with Crippen molar-refractivity contribution in [1.29, 1.82) is 0 Å². The fourth-order valence-electron chi connectivity index (χ4n) is 2.45. The number of ether oxygens (including phenoxy) is 1. The molecule has 0 saturated carbocycles. The van der Waals surface area contributed by atoms with Crippen LogP contribution in [0.5, 0.6) is 0 Å². The van der Waals surface area contributed by atoms with Gasteiger partial charge in [-0.2, -0.15) is 0 Å². The van der Waals surface area contributed by atoms with Crippen molar-refractivity contribution in [3.05, 3.63) is 23.5 Å². The number of carboxylic acids is 1. The molecule has 0 amide bonds. The van der Waals surface area contributed by atoms with Crippen LogP contribution in [0.4, 0.5) is 15.8 Å². The summed E-state index contributed by atoms with van der Waals surface area (Å²) in [4.78, 5) is 13.2. The Hall–Kier alpha value is -1.82. The molecule has 1 aromatic carbocycles. The number of halogens is 1. The second kappa shape index (κ2) is 5.05. The van der Waals surface area contributed by atoms with Gasteiger partial charge in [0.2, 0.25) is 0 Å².